The van der Waals surface area contributed by atoms with E-state index in [9.17, 15) is 4.79 Å². The lowest BCUT2D eigenvalue weighted by atomic mass is 10.1. The maximum Gasteiger partial charge on any atom is 0.269 e. The number of thiophene rings is 2. The van der Waals surface area contributed by atoms with Crippen LogP contribution in [0.25, 0.3) is 20.8 Å². The molecule has 26 heavy (non-hydrogen) atoms. The van der Waals surface area contributed by atoms with Gasteiger partial charge in [0.15, 0.2) is 5.13 Å². The first-order valence-corrected chi connectivity index (χ1v) is 10.5. The van der Waals surface area contributed by atoms with Crippen molar-refractivity contribution < 1.29 is 4.79 Å². The number of thiazole rings is 1. The van der Waals surface area contributed by atoms with E-state index in [1.54, 1.807) is 11.3 Å². The van der Waals surface area contributed by atoms with Crippen molar-refractivity contribution in [3.8, 4) is 10.6 Å². The highest BCUT2D eigenvalue weighted by molar-refractivity contribution is 7.21. The average molecular weight is 401 g/mol. The standard InChI is InChI=1S/C18H16N4OS3/c1-8-9(2)13-14(19)15(26-17(13)20-10(8)3)16(23)22-18-21-11(7-25-18)12-5-4-6-24-12/h4-7H,19H2,1-3H3,(H,21,22,23). The molecule has 4 heterocycles. The topological polar surface area (TPSA) is 80.9 Å². The number of fused-ring (bicyclic) bond motifs is 1. The number of nitrogens with zero attached hydrogens (tertiary/aromatic N) is 2. The average Bonchev–Trinajstić information content (AvgIpc) is 3.32. The van der Waals surface area contributed by atoms with E-state index in [1.165, 1.54) is 22.7 Å². The van der Waals surface area contributed by atoms with Crippen LogP contribution in [0.5, 0.6) is 0 Å². The van der Waals surface area contributed by atoms with Crippen LogP contribution >= 0.6 is 34.0 Å². The Kier molecular flexibility index (Phi) is 4.26. The van der Waals surface area contributed by atoms with E-state index in [4.69, 9.17) is 5.73 Å². The third kappa shape index (κ3) is 2.80. The lowest BCUT2D eigenvalue weighted by molar-refractivity contribution is 0.103. The number of pyridine rings is 1. The monoisotopic (exact) mass is 400 g/mol. The summed E-state index contributed by atoms with van der Waals surface area (Å²) in [7, 11) is 0. The smallest absolute Gasteiger partial charge is 0.269 e. The summed E-state index contributed by atoms with van der Waals surface area (Å²) >= 11 is 4.35. The molecule has 1 amide bonds. The minimum Gasteiger partial charge on any atom is -0.397 e. The van der Waals surface area contributed by atoms with E-state index in [0.717, 1.165) is 37.6 Å². The van der Waals surface area contributed by atoms with E-state index in [1.807, 2.05) is 43.7 Å². The number of anilines is 2. The summed E-state index contributed by atoms with van der Waals surface area (Å²) < 4.78 is 0. The van der Waals surface area contributed by atoms with Gasteiger partial charge in [-0.15, -0.1) is 34.0 Å². The zero-order chi connectivity index (χ0) is 18.4. The first-order chi connectivity index (χ1) is 12.5. The molecule has 0 aliphatic carbocycles. The highest BCUT2D eigenvalue weighted by Crippen LogP contribution is 2.37. The molecular weight excluding hydrogens is 384 g/mol. The Bertz CT molecular complexity index is 1130. The molecule has 0 saturated heterocycles. The largest absolute Gasteiger partial charge is 0.397 e. The number of amides is 1. The van der Waals surface area contributed by atoms with Crippen molar-refractivity contribution in [1.29, 1.82) is 0 Å². The zero-order valence-electron chi connectivity index (χ0n) is 14.4. The van der Waals surface area contributed by atoms with Crippen molar-refractivity contribution in [2.24, 2.45) is 0 Å². The van der Waals surface area contributed by atoms with Crippen LogP contribution in [0.4, 0.5) is 10.8 Å². The normalized spacial score (nSPS) is 11.2. The number of hydrogen-bond acceptors (Lipinski definition) is 7. The Morgan fingerprint density at radius 3 is 2.69 bits per heavy atom. The summed E-state index contributed by atoms with van der Waals surface area (Å²) in [6.45, 7) is 6.01. The lowest BCUT2D eigenvalue weighted by Gasteiger charge is -2.05. The maximum atomic E-state index is 12.7. The second-order valence-electron chi connectivity index (χ2n) is 5.94. The van der Waals surface area contributed by atoms with Gasteiger partial charge in [-0.05, 0) is 43.3 Å². The first kappa shape index (κ1) is 17.1. The van der Waals surface area contributed by atoms with Crippen molar-refractivity contribution in [2.45, 2.75) is 20.8 Å². The number of nitrogen functional groups attached to an aromatic ring is 1. The van der Waals surface area contributed by atoms with E-state index in [2.05, 4.69) is 15.3 Å². The highest BCUT2D eigenvalue weighted by atomic mass is 32.1. The van der Waals surface area contributed by atoms with Gasteiger partial charge in [-0.25, -0.2) is 9.97 Å². The molecule has 4 aromatic rings. The van der Waals surface area contributed by atoms with Crippen LogP contribution in [0.3, 0.4) is 0 Å². The number of carbonyl (C=O) groups is 1. The van der Waals surface area contributed by atoms with Crippen LogP contribution in [0, 0.1) is 20.8 Å². The third-order valence-electron chi connectivity index (χ3n) is 4.38. The van der Waals surface area contributed by atoms with E-state index in [0.29, 0.717) is 15.7 Å². The number of aromatic nitrogens is 2. The Morgan fingerprint density at radius 1 is 1.15 bits per heavy atom. The predicted octanol–water partition coefficient (Wildman–Crippen LogP) is 5.24. The van der Waals surface area contributed by atoms with Gasteiger partial charge in [-0.2, -0.15) is 0 Å². The number of carbonyl (C=O) groups excluding carboxylic acids is 1. The van der Waals surface area contributed by atoms with Gasteiger partial charge in [0, 0.05) is 16.5 Å². The molecule has 4 aromatic heterocycles. The summed E-state index contributed by atoms with van der Waals surface area (Å²) in [4.78, 5) is 24.2. The lowest BCUT2D eigenvalue weighted by Crippen LogP contribution is -2.11. The second-order valence-corrected chi connectivity index (χ2v) is 8.75. The summed E-state index contributed by atoms with van der Waals surface area (Å²) in [6, 6.07) is 3.99. The third-order valence-corrected chi connectivity index (χ3v) is 7.13. The van der Waals surface area contributed by atoms with Crippen LogP contribution < -0.4 is 11.1 Å². The fraction of sp³-hybridized carbons (Fsp3) is 0.167. The Morgan fingerprint density at radius 2 is 1.96 bits per heavy atom. The van der Waals surface area contributed by atoms with Crippen molar-refractivity contribution in [2.75, 3.05) is 11.1 Å². The Labute approximate surface area is 162 Å². The summed E-state index contributed by atoms with van der Waals surface area (Å²) in [5.74, 6) is -0.243. The summed E-state index contributed by atoms with van der Waals surface area (Å²) in [6.07, 6.45) is 0. The Hall–Kier alpha value is -2.29. The van der Waals surface area contributed by atoms with Gasteiger partial charge in [-0.1, -0.05) is 6.07 Å². The zero-order valence-corrected chi connectivity index (χ0v) is 16.9. The van der Waals surface area contributed by atoms with E-state index in [-0.39, 0.29) is 5.91 Å². The molecule has 0 bridgehead atoms. The number of nitrogens with one attached hydrogen (secondary N) is 1. The van der Waals surface area contributed by atoms with Crippen LogP contribution in [0.1, 0.15) is 26.5 Å². The number of hydrogen-bond donors (Lipinski definition) is 2. The van der Waals surface area contributed by atoms with Crippen molar-refractivity contribution in [3.05, 3.63) is 44.6 Å². The van der Waals surface area contributed by atoms with Gasteiger partial charge in [0.25, 0.3) is 5.91 Å². The van der Waals surface area contributed by atoms with Crippen LogP contribution in [0.15, 0.2) is 22.9 Å². The van der Waals surface area contributed by atoms with Gasteiger partial charge in [-0.3, -0.25) is 10.1 Å². The fourth-order valence-corrected chi connectivity index (χ4v) is 5.32. The van der Waals surface area contributed by atoms with Crippen LogP contribution in [0.2, 0.25) is 0 Å². The fourth-order valence-electron chi connectivity index (χ4n) is 2.76. The van der Waals surface area contributed by atoms with Crippen LogP contribution in [-0.2, 0) is 0 Å². The first-order valence-electron chi connectivity index (χ1n) is 7.92. The molecule has 8 heteroatoms. The minimum atomic E-state index is -0.243. The molecule has 0 aromatic carbocycles. The van der Waals surface area contributed by atoms with Gasteiger partial charge in [0.05, 0.1) is 16.3 Å². The molecule has 0 atom stereocenters. The van der Waals surface area contributed by atoms with Gasteiger partial charge >= 0.3 is 0 Å². The quantitative estimate of drug-likeness (QED) is 0.493. The van der Waals surface area contributed by atoms with Crippen molar-refractivity contribution in [1.82, 2.24) is 9.97 Å². The van der Waals surface area contributed by atoms with E-state index >= 15 is 0 Å². The molecule has 0 fully saturated rings. The van der Waals surface area contributed by atoms with Crippen molar-refractivity contribution in [3.63, 3.8) is 0 Å². The molecule has 0 radical (unpaired) electrons. The number of rotatable bonds is 3. The predicted molar refractivity (Wildman–Crippen MR) is 112 cm³/mol. The SMILES string of the molecule is Cc1nc2sc(C(=O)Nc3nc(-c4cccs4)cs3)c(N)c2c(C)c1C. The second kappa shape index (κ2) is 6.46. The molecule has 0 aliphatic rings. The van der Waals surface area contributed by atoms with Crippen molar-refractivity contribution >= 4 is 61.0 Å². The molecule has 4 rings (SSSR count). The maximum absolute atomic E-state index is 12.7. The minimum absolute atomic E-state index is 0.243. The number of aryl methyl sites for hydroxylation is 2. The summed E-state index contributed by atoms with van der Waals surface area (Å²) in [5, 5.41) is 8.25. The molecule has 0 saturated carbocycles. The molecule has 0 spiro atoms. The highest BCUT2D eigenvalue weighted by Gasteiger charge is 2.21. The van der Waals surface area contributed by atoms with Gasteiger partial charge in [0.2, 0.25) is 0 Å². The number of nitrogens with two attached hydrogens (primary N) is 1. The van der Waals surface area contributed by atoms with E-state index < -0.39 is 0 Å². The molecule has 0 unspecified atom stereocenters. The molecule has 132 valence electrons. The Balaban J connectivity index is 1.67. The molecule has 0 aliphatic heterocycles. The molecular formula is C18H16N4OS3. The molecule has 3 N–H and O–H groups in total. The van der Waals surface area contributed by atoms with Gasteiger partial charge in [0.1, 0.15) is 9.71 Å². The van der Waals surface area contributed by atoms with Crippen LogP contribution in [-0.4, -0.2) is 15.9 Å². The molecule has 5 nitrogen and oxygen atoms in total. The summed E-state index contributed by atoms with van der Waals surface area (Å²) in [5.41, 5.74) is 10.8. The van der Waals surface area contributed by atoms with Gasteiger partial charge < -0.3 is 5.73 Å².